The quantitative estimate of drug-likeness (QED) is 0.190. The largest absolute Gasteiger partial charge is 0.497 e. The van der Waals surface area contributed by atoms with Crippen LogP contribution in [0.1, 0.15) is 17.0 Å². The van der Waals surface area contributed by atoms with E-state index >= 15 is 0 Å². The molecule has 0 aliphatic carbocycles. The van der Waals surface area contributed by atoms with E-state index in [-0.39, 0.29) is 5.56 Å². The first-order valence-corrected chi connectivity index (χ1v) is 12.4. The Bertz CT molecular complexity index is 1580. The summed E-state index contributed by atoms with van der Waals surface area (Å²) in [6, 6.07) is 22.5. The molecule has 0 saturated heterocycles. The number of hydrogen-bond acceptors (Lipinski definition) is 6. The van der Waals surface area contributed by atoms with Crippen LogP contribution in [-0.2, 0) is 12.3 Å². The first-order chi connectivity index (χ1) is 17.0. The SMILES string of the molecule is COc1cccc(Cn2c(SCc3nc(-c4cccc(Cl)c4)oc3C)nc3ccccc3c2=O)c1. The van der Waals surface area contributed by atoms with E-state index in [4.69, 9.17) is 25.7 Å². The van der Waals surface area contributed by atoms with Gasteiger partial charge in [-0.2, -0.15) is 0 Å². The number of thioether (sulfide) groups is 1. The molecule has 5 rings (SSSR count). The predicted octanol–water partition coefficient (Wildman–Crippen LogP) is 6.36. The molecule has 2 aromatic heterocycles. The van der Waals surface area contributed by atoms with Crippen LogP contribution in [-0.4, -0.2) is 21.6 Å². The van der Waals surface area contributed by atoms with Crippen LogP contribution in [0.25, 0.3) is 22.4 Å². The number of oxazole rings is 1. The van der Waals surface area contributed by atoms with Crippen molar-refractivity contribution in [1.82, 2.24) is 14.5 Å². The van der Waals surface area contributed by atoms with Crippen molar-refractivity contribution in [3.63, 3.8) is 0 Å². The van der Waals surface area contributed by atoms with Crippen molar-refractivity contribution in [2.24, 2.45) is 0 Å². The van der Waals surface area contributed by atoms with Gasteiger partial charge in [-0.1, -0.05) is 53.7 Å². The van der Waals surface area contributed by atoms with Gasteiger partial charge in [0.15, 0.2) is 5.16 Å². The molecule has 0 amide bonds. The van der Waals surface area contributed by atoms with Crippen LogP contribution in [0.5, 0.6) is 5.75 Å². The van der Waals surface area contributed by atoms with Crippen LogP contribution in [0.2, 0.25) is 5.02 Å². The molecule has 0 atom stereocenters. The van der Waals surface area contributed by atoms with E-state index in [1.54, 1.807) is 17.7 Å². The molecule has 0 saturated carbocycles. The second-order valence-electron chi connectivity index (χ2n) is 7.98. The Balaban J connectivity index is 1.49. The monoisotopic (exact) mass is 503 g/mol. The molecule has 0 N–H and O–H groups in total. The van der Waals surface area contributed by atoms with Crippen LogP contribution >= 0.6 is 23.4 Å². The summed E-state index contributed by atoms with van der Waals surface area (Å²) in [6.45, 7) is 2.26. The summed E-state index contributed by atoms with van der Waals surface area (Å²) in [6.07, 6.45) is 0. The lowest BCUT2D eigenvalue weighted by Crippen LogP contribution is -2.24. The van der Waals surface area contributed by atoms with Gasteiger partial charge in [-0.25, -0.2) is 9.97 Å². The lowest BCUT2D eigenvalue weighted by Gasteiger charge is -2.13. The highest BCUT2D eigenvalue weighted by molar-refractivity contribution is 7.98. The molecule has 8 heteroatoms. The topological polar surface area (TPSA) is 70.2 Å². The fourth-order valence-electron chi connectivity index (χ4n) is 3.79. The van der Waals surface area contributed by atoms with Gasteiger partial charge in [0, 0.05) is 16.3 Å². The maximum Gasteiger partial charge on any atom is 0.262 e. The maximum atomic E-state index is 13.4. The molecule has 0 radical (unpaired) electrons. The highest BCUT2D eigenvalue weighted by Crippen LogP contribution is 2.29. The number of methoxy groups -OCH3 is 1. The third-order valence-electron chi connectivity index (χ3n) is 5.60. The summed E-state index contributed by atoms with van der Waals surface area (Å²) in [5.74, 6) is 2.47. The van der Waals surface area contributed by atoms with Gasteiger partial charge in [-0.3, -0.25) is 9.36 Å². The minimum atomic E-state index is -0.0857. The smallest absolute Gasteiger partial charge is 0.262 e. The van der Waals surface area contributed by atoms with Crippen molar-refractivity contribution in [2.45, 2.75) is 24.4 Å². The molecule has 35 heavy (non-hydrogen) atoms. The zero-order valence-corrected chi connectivity index (χ0v) is 20.8. The van der Waals surface area contributed by atoms with E-state index in [2.05, 4.69) is 4.98 Å². The number of benzene rings is 3. The highest BCUT2D eigenvalue weighted by Gasteiger charge is 2.16. The molecular weight excluding hydrogens is 482 g/mol. The standard InChI is InChI=1S/C27H22ClN3O3S/c1-17-24(29-25(34-17)19-8-6-9-20(28)14-19)16-35-27-30-23-12-4-3-11-22(23)26(32)31(27)15-18-7-5-10-21(13-18)33-2/h3-14H,15-16H2,1-2H3. The third-order valence-corrected chi connectivity index (χ3v) is 6.83. The van der Waals surface area contributed by atoms with Gasteiger partial charge in [-0.05, 0) is 55.0 Å². The average molecular weight is 504 g/mol. The molecule has 0 spiro atoms. The number of para-hydroxylation sites is 1. The summed E-state index contributed by atoms with van der Waals surface area (Å²) < 4.78 is 13.0. The van der Waals surface area contributed by atoms with Crippen molar-refractivity contribution < 1.29 is 9.15 Å². The molecule has 0 aliphatic rings. The molecule has 0 bridgehead atoms. The highest BCUT2D eigenvalue weighted by atomic mass is 35.5. The van der Waals surface area contributed by atoms with Gasteiger partial charge >= 0.3 is 0 Å². The van der Waals surface area contributed by atoms with Crippen LogP contribution in [0.4, 0.5) is 0 Å². The van der Waals surface area contributed by atoms with Crippen molar-refractivity contribution in [3.05, 3.63) is 105 Å². The maximum absolute atomic E-state index is 13.4. The van der Waals surface area contributed by atoms with Crippen LogP contribution in [0.3, 0.4) is 0 Å². The van der Waals surface area contributed by atoms with Gasteiger partial charge in [-0.15, -0.1) is 0 Å². The Morgan fingerprint density at radius 3 is 2.69 bits per heavy atom. The number of fused-ring (bicyclic) bond motifs is 1. The van der Waals surface area contributed by atoms with Crippen LogP contribution in [0, 0.1) is 6.92 Å². The van der Waals surface area contributed by atoms with Crippen LogP contribution < -0.4 is 10.3 Å². The third kappa shape index (κ3) is 4.97. The van der Waals surface area contributed by atoms with E-state index in [1.807, 2.05) is 73.7 Å². The molecule has 2 heterocycles. The summed E-state index contributed by atoms with van der Waals surface area (Å²) in [5, 5.41) is 1.82. The Labute approximate surface area is 211 Å². The molecular formula is C27H22ClN3O3S. The predicted molar refractivity (Wildman–Crippen MR) is 139 cm³/mol. The number of rotatable bonds is 7. The molecule has 176 valence electrons. The van der Waals surface area contributed by atoms with Crippen molar-refractivity contribution in [2.75, 3.05) is 7.11 Å². The summed E-state index contributed by atoms with van der Waals surface area (Å²) >= 11 is 7.58. The molecule has 6 nitrogen and oxygen atoms in total. The van der Waals surface area contributed by atoms with Crippen molar-refractivity contribution in [3.8, 4) is 17.2 Å². The Kier molecular flexibility index (Phi) is 6.61. The number of hydrogen-bond donors (Lipinski definition) is 0. The van der Waals surface area contributed by atoms with E-state index in [0.717, 1.165) is 28.3 Å². The lowest BCUT2D eigenvalue weighted by atomic mass is 10.2. The summed E-state index contributed by atoms with van der Waals surface area (Å²) in [7, 11) is 1.63. The summed E-state index contributed by atoms with van der Waals surface area (Å²) in [4.78, 5) is 22.9. The zero-order chi connectivity index (χ0) is 24.4. The summed E-state index contributed by atoms with van der Waals surface area (Å²) in [5.41, 5.74) is 3.14. The first-order valence-electron chi connectivity index (χ1n) is 11.0. The lowest BCUT2D eigenvalue weighted by molar-refractivity contribution is 0.414. The van der Waals surface area contributed by atoms with Gasteiger partial charge in [0.05, 0.1) is 30.3 Å². The van der Waals surface area contributed by atoms with Gasteiger partial charge in [0.1, 0.15) is 11.5 Å². The Morgan fingerprint density at radius 1 is 1.03 bits per heavy atom. The van der Waals surface area contributed by atoms with E-state index < -0.39 is 0 Å². The normalized spacial score (nSPS) is 11.2. The molecule has 3 aromatic carbocycles. The number of aromatic nitrogens is 3. The van der Waals surface area contributed by atoms with Crippen molar-refractivity contribution in [1.29, 1.82) is 0 Å². The minimum Gasteiger partial charge on any atom is -0.497 e. The van der Waals surface area contributed by atoms with Gasteiger partial charge in [0.2, 0.25) is 5.89 Å². The number of nitrogens with zero attached hydrogens (tertiary/aromatic N) is 3. The Hall–Kier alpha value is -3.55. The molecule has 0 fully saturated rings. The molecule has 0 aliphatic heterocycles. The molecule has 5 aromatic rings. The fraction of sp³-hybridized carbons (Fsp3) is 0.148. The number of halogens is 1. The van der Waals surface area contributed by atoms with Gasteiger partial charge < -0.3 is 9.15 Å². The molecule has 0 unspecified atom stereocenters. The van der Waals surface area contributed by atoms with Crippen molar-refractivity contribution >= 4 is 34.3 Å². The Morgan fingerprint density at radius 2 is 1.86 bits per heavy atom. The second-order valence-corrected chi connectivity index (χ2v) is 9.35. The minimum absolute atomic E-state index is 0.0857. The van der Waals surface area contributed by atoms with Crippen LogP contribution in [0.15, 0.2) is 87.2 Å². The van der Waals surface area contributed by atoms with E-state index in [1.165, 1.54) is 11.8 Å². The van der Waals surface area contributed by atoms with E-state index in [9.17, 15) is 4.79 Å². The first kappa shape index (κ1) is 23.2. The number of ether oxygens (including phenoxy) is 1. The average Bonchev–Trinajstić information content (AvgIpc) is 3.25. The van der Waals surface area contributed by atoms with E-state index in [0.29, 0.717) is 39.3 Å². The second kappa shape index (κ2) is 9.98. The van der Waals surface area contributed by atoms with Gasteiger partial charge in [0.25, 0.3) is 5.56 Å². The zero-order valence-electron chi connectivity index (χ0n) is 19.2. The fourth-order valence-corrected chi connectivity index (χ4v) is 4.98. The number of aryl methyl sites for hydroxylation is 1.